The van der Waals surface area contributed by atoms with E-state index in [1.54, 1.807) is 29.2 Å². The van der Waals surface area contributed by atoms with Crippen molar-refractivity contribution in [1.82, 2.24) is 0 Å². The van der Waals surface area contributed by atoms with Crippen LogP contribution in [0.3, 0.4) is 0 Å². The molecule has 1 atom stereocenters. The molecule has 1 spiro atoms. The van der Waals surface area contributed by atoms with Crippen LogP contribution in [0.15, 0.2) is 42.5 Å². The molecule has 3 aliphatic rings. The Hall–Kier alpha value is -2.28. The normalized spacial score (nSPS) is 21.8. The van der Waals surface area contributed by atoms with E-state index < -0.39 is 17.7 Å². The lowest BCUT2D eigenvalue weighted by Gasteiger charge is -2.32. The summed E-state index contributed by atoms with van der Waals surface area (Å²) in [5, 5.41) is 10.8. The van der Waals surface area contributed by atoms with Gasteiger partial charge < -0.3 is 19.5 Å². The summed E-state index contributed by atoms with van der Waals surface area (Å²) in [7, 11) is 0. The number of fused-ring (bicyclic) bond motifs is 2. The Balaban J connectivity index is 1.56. The third-order valence-electron chi connectivity index (χ3n) is 5.71. The van der Waals surface area contributed by atoms with Crippen molar-refractivity contribution in [2.45, 2.75) is 31.2 Å². The lowest BCUT2D eigenvalue weighted by atomic mass is 9.96. The van der Waals surface area contributed by atoms with Crippen molar-refractivity contribution in [2.24, 2.45) is 5.92 Å². The Morgan fingerprint density at radius 2 is 1.89 bits per heavy atom. The zero-order valence-electron chi connectivity index (χ0n) is 15.4. The fourth-order valence-electron chi connectivity index (χ4n) is 4.05. The van der Waals surface area contributed by atoms with Crippen LogP contribution in [0.2, 0.25) is 0 Å². The van der Waals surface area contributed by atoms with Crippen LogP contribution in [0.5, 0.6) is 0 Å². The molecular formula is C22H22FNO4. The number of benzene rings is 2. The molecule has 1 N–H and O–H groups in total. The standard InChI is InChI=1S/C22H22FNO4/c23-17-4-1-3-15(11-17)20(25)16-7-8-19-18(12-16)22(27-9-2-10-28-22)21(26)24(19)13-14-5-6-14/h1,3-4,7-8,11-12,14,20,25H,2,5-6,9-10,13H2. The summed E-state index contributed by atoms with van der Waals surface area (Å²) in [6, 6.07) is 11.3. The van der Waals surface area contributed by atoms with Gasteiger partial charge in [0.15, 0.2) is 0 Å². The first kappa shape index (κ1) is 17.8. The predicted octanol–water partition coefficient (Wildman–Crippen LogP) is 3.25. The van der Waals surface area contributed by atoms with Gasteiger partial charge in [-0.1, -0.05) is 18.2 Å². The molecule has 28 heavy (non-hydrogen) atoms. The zero-order valence-corrected chi connectivity index (χ0v) is 15.4. The number of aliphatic hydroxyl groups excluding tert-OH is 1. The topological polar surface area (TPSA) is 59.0 Å². The molecule has 0 aromatic heterocycles. The summed E-state index contributed by atoms with van der Waals surface area (Å²) < 4.78 is 25.4. The van der Waals surface area contributed by atoms with Crippen molar-refractivity contribution in [2.75, 3.05) is 24.7 Å². The third-order valence-corrected chi connectivity index (χ3v) is 5.71. The summed E-state index contributed by atoms with van der Waals surface area (Å²) in [6.07, 6.45) is 1.99. The Labute approximate surface area is 162 Å². The molecule has 2 aliphatic heterocycles. The maximum atomic E-state index is 13.6. The number of carbonyl (C=O) groups is 1. The molecule has 6 heteroatoms. The van der Waals surface area contributed by atoms with Gasteiger partial charge in [0, 0.05) is 12.1 Å². The van der Waals surface area contributed by atoms with E-state index in [9.17, 15) is 14.3 Å². The molecule has 2 aromatic carbocycles. The Kier molecular flexibility index (Phi) is 4.23. The summed E-state index contributed by atoms with van der Waals surface area (Å²) in [6.45, 7) is 1.55. The predicted molar refractivity (Wildman–Crippen MR) is 100 cm³/mol. The van der Waals surface area contributed by atoms with Crippen LogP contribution in [-0.4, -0.2) is 30.8 Å². The number of halogens is 1. The van der Waals surface area contributed by atoms with Crippen LogP contribution in [-0.2, 0) is 20.1 Å². The minimum atomic E-state index is -1.43. The van der Waals surface area contributed by atoms with E-state index in [2.05, 4.69) is 0 Å². The van der Waals surface area contributed by atoms with E-state index >= 15 is 0 Å². The fourth-order valence-corrected chi connectivity index (χ4v) is 4.05. The second-order valence-corrected chi connectivity index (χ2v) is 7.76. The molecule has 1 saturated carbocycles. The van der Waals surface area contributed by atoms with E-state index in [1.807, 2.05) is 6.07 Å². The molecule has 1 unspecified atom stereocenters. The molecule has 2 heterocycles. The van der Waals surface area contributed by atoms with Crippen LogP contribution < -0.4 is 4.90 Å². The summed E-state index contributed by atoms with van der Waals surface area (Å²) in [5.41, 5.74) is 2.43. The highest BCUT2D eigenvalue weighted by atomic mass is 19.1. The zero-order chi connectivity index (χ0) is 19.3. The first-order valence-corrected chi connectivity index (χ1v) is 9.76. The lowest BCUT2D eigenvalue weighted by molar-refractivity contribution is -0.256. The smallest absolute Gasteiger partial charge is 0.292 e. The van der Waals surface area contributed by atoms with Gasteiger partial charge in [-0.15, -0.1) is 0 Å². The maximum Gasteiger partial charge on any atom is 0.292 e. The Morgan fingerprint density at radius 3 is 2.61 bits per heavy atom. The van der Waals surface area contributed by atoms with Crippen molar-refractivity contribution in [3.63, 3.8) is 0 Å². The number of nitrogens with zero attached hydrogens (tertiary/aromatic N) is 1. The highest BCUT2D eigenvalue weighted by Gasteiger charge is 2.55. The van der Waals surface area contributed by atoms with Gasteiger partial charge in [-0.05, 0) is 60.6 Å². The molecule has 0 bridgehead atoms. The van der Waals surface area contributed by atoms with E-state index in [0.29, 0.717) is 42.4 Å². The van der Waals surface area contributed by atoms with Crippen LogP contribution in [0.4, 0.5) is 10.1 Å². The highest BCUT2D eigenvalue weighted by molar-refractivity contribution is 6.06. The number of amides is 1. The second kappa shape index (κ2) is 6.65. The van der Waals surface area contributed by atoms with Crippen LogP contribution in [0, 0.1) is 11.7 Å². The number of anilines is 1. The van der Waals surface area contributed by atoms with Crippen molar-refractivity contribution in [3.05, 3.63) is 65.0 Å². The quantitative estimate of drug-likeness (QED) is 0.881. The third kappa shape index (κ3) is 2.83. The molecular weight excluding hydrogens is 361 g/mol. The van der Waals surface area contributed by atoms with E-state index in [4.69, 9.17) is 9.47 Å². The summed E-state index contributed by atoms with van der Waals surface area (Å²) in [4.78, 5) is 15.0. The molecule has 1 amide bonds. The maximum absolute atomic E-state index is 13.6. The van der Waals surface area contributed by atoms with E-state index in [-0.39, 0.29) is 5.91 Å². The van der Waals surface area contributed by atoms with Crippen LogP contribution in [0.1, 0.15) is 42.1 Å². The van der Waals surface area contributed by atoms with Crippen molar-refractivity contribution in [1.29, 1.82) is 0 Å². The van der Waals surface area contributed by atoms with Gasteiger partial charge in [0.25, 0.3) is 11.7 Å². The van der Waals surface area contributed by atoms with Gasteiger partial charge in [0.1, 0.15) is 11.9 Å². The first-order valence-electron chi connectivity index (χ1n) is 9.76. The number of hydrogen-bond donors (Lipinski definition) is 1. The largest absolute Gasteiger partial charge is 0.384 e. The monoisotopic (exact) mass is 383 g/mol. The highest BCUT2D eigenvalue weighted by Crippen LogP contribution is 2.47. The number of ether oxygens (including phenoxy) is 2. The molecule has 1 aliphatic carbocycles. The second-order valence-electron chi connectivity index (χ2n) is 7.76. The van der Waals surface area contributed by atoms with Gasteiger partial charge in [-0.2, -0.15) is 0 Å². The molecule has 146 valence electrons. The Bertz CT molecular complexity index is 921. The Morgan fingerprint density at radius 1 is 1.14 bits per heavy atom. The number of rotatable bonds is 4. The minimum Gasteiger partial charge on any atom is -0.384 e. The molecule has 0 radical (unpaired) electrons. The number of aliphatic hydroxyl groups is 1. The van der Waals surface area contributed by atoms with Crippen molar-refractivity contribution >= 4 is 11.6 Å². The van der Waals surface area contributed by atoms with E-state index in [0.717, 1.165) is 24.9 Å². The SMILES string of the molecule is O=C1N(CC2CC2)c2ccc(C(O)c3cccc(F)c3)cc2C12OCCCO2. The molecule has 5 nitrogen and oxygen atoms in total. The van der Waals surface area contributed by atoms with Gasteiger partial charge in [-0.3, -0.25) is 4.79 Å². The molecule has 5 rings (SSSR count). The average Bonchev–Trinajstić information content (AvgIpc) is 3.52. The first-order chi connectivity index (χ1) is 13.6. The van der Waals surface area contributed by atoms with Gasteiger partial charge in [-0.25, -0.2) is 4.39 Å². The van der Waals surface area contributed by atoms with Crippen molar-refractivity contribution in [3.8, 4) is 0 Å². The van der Waals surface area contributed by atoms with Gasteiger partial charge in [0.05, 0.1) is 18.9 Å². The van der Waals surface area contributed by atoms with Crippen LogP contribution in [0.25, 0.3) is 0 Å². The van der Waals surface area contributed by atoms with Crippen LogP contribution >= 0.6 is 0 Å². The minimum absolute atomic E-state index is 0.188. The average molecular weight is 383 g/mol. The van der Waals surface area contributed by atoms with Crippen molar-refractivity contribution < 1.29 is 23.8 Å². The molecule has 2 aromatic rings. The fraction of sp³-hybridized carbons (Fsp3) is 0.409. The van der Waals surface area contributed by atoms with Gasteiger partial charge in [0.2, 0.25) is 0 Å². The summed E-state index contributed by atoms with van der Waals surface area (Å²) in [5.74, 6) is -1.50. The molecule has 2 fully saturated rings. The summed E-state index contributed by atoms with van der Waals surface area (Å²) >= 11 is 0. The van der Waals surface area contributed by atoms with E-state index in [1.165, 1.54) is 12.1 Å². The van der Waals surface area contributed by atoms with Gasteiger partial charge >= 0.3 is 0 Å². The molecule has 1 saturated heterocycles. The number of carbonyl (C=O) groups excluding carboxylic acids is 1. The number of hydrogen-bond acceptors (Lipinski definition) is 4. The lowest BCUT2D eigenvalue weighted by Crippen LogP contribution is -2.47.